The van der Waals surface area contributed by atoms with Crippen LogP contribution in [0.3, 0.4) is 0 Å². The van der Waals surface area contributed by atoms with Gasteiger partial charge in [0.2, 0.25) is 5.79 Å². The summed E-state index contributed by atoms with van der Waals surface area (Å²) in [4.78, 5) is 0. The van der Waals surface area contributed by atoms with Crippen molar-refractivity contribution < 1.29 is 30.3 Å². The molecule has 0 spiro atoms. The molecule has 3 radical (unpaired) electrons. The van der Waals surface area contributed by atoms with Crippen molar-refractivity contribution in [2.45, 2.75) is 24.1 Å². The van der Waals surface area contributed by atoms with E-state index in [9.17, 15) is 5.11 Å². The van der Waals surface area contributed by atoms with Crippen molar-refractivity contribution in [1.29, 1.82) is 0 Å². The van der Waals surface area contributed by atoms with Gasteiger partial charge in [0, 0.05) is 8.41 Å². The van der Waals surface area contributed by atoms with Crippen LogP contribution in [0.15, 0.2) is 0 Å². The minimum absolute atomic E-state index is 0. The first-order valence-electron chi connectivity index (χ1n) is 3.53. The Morgan fingerprint density at radius 1 is 1.23 bits per heavy atom. The van der Waals surface area contributed by atoms with Gasteiger partial charge in [0.05, 0.1) is 13.2 Å². The lowest BCUT2D eigenvalue weighted by Gasteiger charge is -2.22. The predicted molar refractivity (Wildman–Crippen MR) is 41.8 cm³/mol. The van der Waals surface area contributed by atoms with Crippen molar-refractivity contribution in [1.82, 2.24) is 0 Å². The van der Waals surface area contributed by atoms with Crippen LogP contribution in [-0.2, 0) is 4.74 Å². The summed E-state index contributed by atoms with van der Waals surface area (Å²) in [7, 11) is 0. The maximum absolute atomic E-state index is 9.25. The second-order valence-corrected chi connectivity index (χ2v) is 2.78. The molecule has 1 rings (SSSR count). The summed E-state index contributed by atoms with van der Waals surface area (Å²) in [5, 5.41) is 44.7. The van der Waals surface area contributed by atoms with E-state index in [1.165, 1.54) is 0 Å². The van der Waals surface area contributed by atoms with Crippen LogP contribution >= 0.6 is 0 Å². The van der Waals surface area contributed by atoms with Crippen LogP contribution < -0.4 is 0 Å². The molecule has 0 saturated carbocycles. The fourth-order valence-electron chi connectivity index (χ4n) is 1.15. The average molecular weight is 191 g/mol. The van der Waals surface area contributed by atoms with E-state index < -0.39 is 37.3 Å². The summed E-state index contributed by atoms with van der Waals surface area (Å²) in [5.74, 6) is -2.16. The summed E-state index contributed by atoms with van der Waals surface area (Å²) < 4.78 is 4.63. The smallest absolute Gasteiger partial charge is 0.219 e. The summed E-state index contributed by atoms with van der Waals surface area (Å²) in [6.07, 6.45) is -4.04. The molecule has 1 heterocycles. The molecular formula is C6H12BO6. The van der Waals surface area contributed by atoms with Crippen LogP contribution in [0.1, 0.15) is 0 Å². The van der Waals surface area contributed by atoms with E-state index in [0.717, 1.165) is 0 Å². The van der Waals surface area contributed by atoms with Gasteiger partial charge in [-0.15, -0.1) is 0 Å². The van der Waals surface area contributed by atoms with Crippen LogP contribution in [-0.4, -0.2) is 71.3 Å². The van der Waals surface area contributed by atoms with Gasteiger partial charge in [-0.25, -0.2) is 0 Å². The van der Waals surface area contributed by atoms with E-state index >= 15 is 0 Å². The zero-order valence-electron chi connectivity index (χ0n) is 6.87. The fraction of sp³-hybridized carbons (Fsp3) is 1.00. The molecule has 1 unspecified atom stereocenters. The largest absolute Gasteiger partial charge is 0.394 e. The van der Waals surface area contributed by atoms with Gasteiger partial charge < -0.3 is 30.3 Å². The lowest BCUT2D eigenvalue weighted by atomic mass is 10.1. The van der Waals surface area contributed by atoms with Crippen molar-refractivity contribution in [3.05, 3.63) is 0 Å². The number of aliphatic hydroxyl groups is 5. The van der Waals surface area contributed by atoms with Crippen molar-refractivity contribution in [2.75, 3.05) is 13.2 Å². The Morgan fingerprint density at radius 2 is 1.77 bits per heavy atom. The molecule has 6 nitrogen and oxygen atoms in total. The Morgan fingerprint density at radius 3 is 2.00 bits per heavy atom. The lowest BCUT2D eigenvalue weighted by Crippen LogP contribution is -2.46. The van der Waals surface area contributed by atoms with Gasteiger partial charge in [-0.2, -0.15) is 0 Å². The molecule has 4 atom stereocenters. The third-order valence-corrected chi connectivity index (χ3v) is 1.93. The average Bonchev–Trinajstić information content (AvgIpc) is 2.31. The minimum Gasteiger partial charge on any atom is -0.394 e. The second-order valence-electron chi connectivity index (χ2n) is 2.78. The van der Waals surface area contributed by atoms with Gasteiger partial charge in [-0.3, -0.25) is 0 Å². The van der Waals surface area contributed by atoms with Gasteiger partial charge >= 0.3 is 0 Å². The number of hydrogen-bond acceptors (Lipinski definition) is 6. The highest BCUT2D eigenvalue weighted by Gasteiger charge is 2.52. The molecule has 1 aliphatic heterocycles. The van der Waals surface area contributed by atoms with E-state index in [4.69, 9.17) is 20.4 Å². The van der Waals surface area contributed by atoms with Crippen molar-refractivity contribution >= 4 is 8.41 Å². The maximum Gasteiger partial charge on any atom is 0.219 e. The minimum atomic E-state index is -2.16. The highest BCUT2D eigenvalue weighted by atomic mass is 16.7. The summed E-state index contributed by atoms with van der Waals surface area (Å²) in [6.45, 7) is -1.36. The predicted octanol–water partition coefficient (Wildman–Crippen LogP) is -3.60. The van der Waals surface area contributed by atoms with Gasteiger partial charge in [0.1, 0.15) is 18.3 Å². The quantitative estimate of drug-likeness (QED) is 0.288. The zero-order valence-corrected chi connectivity index (χ0v) is 6.87. The molecule has 0 aromatic heterocycles. The normalized spacial score (nSPS) is 44.5. The van der Waals surface area contributed by atoms with E-state index in [-0.39, 0.29) is 8.41 Å². The van der Waals surface area contributed by atoms with Crippen molar-refractivity contribution in [3.8, 4) is 0 Å². The standard InChI is InChI=1S/C6H12O6.B/c7-1-3-4(9)5(10)6(11,2-8)12-3;/h3-5,7-11H,1-2H2;/t3-,4-,5+,6?;/m1./s1. The van der Waals surface area contributed by atoms with Crippen LogP contribution in [0.4, 0.5) is 0 Å². The molecule has 0 bridgehead atoms. The molecule has 1 fully saturated rings. The highest BCUT2D eigenvalue weighted by Crippen LogP contribution is 2.28. The number of hydrogen-bond donors (Lipinski definition) is 5. The third kappa shape index (κ3) is 2.01. The molecule has 0 aromatic rings. The Hall–Kier alpha value is -0.175. The molecule has 0 amide bonds. The molecule has 1 aliphatic rings. The third-order valence-electron chi connectivity index (χ3n) is 1.93. The summed E-state index contributed by atoms with van der Waals surface area (Å²) in [6, 6.07) is 0. The fourth-order valence-corrected chi connectivity index (χ4v) is 1.15. The Balaban J connectivity index is 0.00000144. The Kier molecular flexibility index (Phi) is 4.30. The molecule has 1 saturated heterocycles. The molecule has 0 aromatic carbocycles. The summed E-state index contributed by atoms with van der Waals surface area (Å²) in [5.41, 5.74) is 0. The first kappa shape index (κ1) is 12.8. The number of aliphatic hydroxyl groups excluding tert-OH is 4. The second kappa shape index (κ2) is 4.36. The van der Waals surface area contributed by atoms with Gasteiger partial charge in [-0.05, 0) is 0 Å². The Bertz CT molecular complexity index is 167. The van der Waals surface area contributed by atoms with Crippen LogP contribution in [0.2, 0.25) is 0 Å². The molecule has 7 heteroatoms. The van der Waals surface area contributed by atoms with Crippen LogP contribution in [0.25, 0.3) is 0 Å². The van der Waals surface area contributed by atoms with Crippen molar-refractivity contribution in [3.63, 3.8) is 0 Å². The topological polar surface area (TPSA) is 110 Å². The SMILES string of the molecule is OC[C@H]1OC(O)(CO)[C@@H](O)[C@@H]1O.[B]. The lowest BCUT2D eigenvalue weighted by molar-refractivity contribution is -0.248. The maximum atomic E-state index is 9.25. The van der Waals surface area contributed by atoms with Crippen LogP contribution in [0.5, 0.6) is 0 Å². The van der Waals surface area contributed by atoms with E-state index in [2.05, 4.69) is 4.74 Å². The van der Waals surface area contributed by atoms with E-state index in [1.807, 2.05) is 0 Å². The highest BCUT2D eigenvalue weighted by molar-refractivity contribution is 5.75. The van der Waals surface area contributed by atoms with Gasteiger partial charge in [0.25, 0.3) is 0 Å². The molecule has 0 aliphatic carbocycles. The van der Waals surface area contributed by atoms with Gasteiger partial charge in [0.15, 0.2) is 0 Å². The number of ether oxygens (including phenoxy) is 1. The first-order chi connectivity index (χ1) is 5.55. The zero-order chi connectivity index (χ0) is 9.35. The molecular weight excluding hydrogens is 179 g/mol. The molecule has 13 heavy (non-hydrogen) atoms. The Labute approximate surface area is 77.0 Å². The monoisotopic (exact) mass is 191 g/mol. The van der Waals surface area contributed by atoms with Crippen LogP contribution in [0, 0.1) is 0 Å². The van der Waals surface area contributed by atoms with Gasteiger partial charge in [-0.1, -0.05) is 0 Å². The van der Waals surface area contributed by atoms with E-state index in [1.54, 1.807) is 0 Å². The first-order valence-corrected chi connectivity index (χ1v) is 3.53. The molecule has 75 valence electrons. The van der Waals surface area contributed by atoms with Crippen molar-refractivity contribution in [2.24, 2.45) is 0 Å². The number of rotatable bonds is 2. The van der Waals surface area contributed by atoms with E-state index in [0.29, 0.717) is 0 Å². The summed E-state index contributed by atoms with van der Waals surface area (Å²) >= 11 is 0. The molecule has 5 N–H and O–H groups in total.